The van der Waals surface area contributed by atoms with Gasteiger partial charge in [-0.25, -0.2) is 0 Å². The molecule has 1 aliphatic carbocycles. The number of carbonyl (C=O) groups is 1. The van der Waals surface area contributed by atoms with Crippen LogP contribution in [0.15, 0.2) is 29.1 Å². The van der Waals surface area contributed by atoms with Crippen molar-refractivity contribution in [1.29, 1.82) is 0 Å². The van der Waals surface area contributed by atoms with Crippen LogP contribution in [0.2, 0.25) is 0 Å². The Labute approximate surface area is 102 Å². The number of hydrogen-bond donors (Lipinski definition) is 0. The molecule has 0 unspecified atom stereocenters. The van der Waals surface area contributed by atoms with Crippen molar-refractivity contribution < 1.29 is 4.79 Å². The molecule has 0 spiro atoms. The molecule has 0 bridgehead atoms. The van der Waals surface area contributed by atoms with Gasteiger partial charge in [-0.2, -0.15) is 0 Å². The second kappa shape index (κ2) is 3.98. The highest BCUT2D eigenvalue weighted by Gasteiger charge is 2.20. The zero-order valence-electron chi connectivity index (χ0n) is 9.08. The van der Waals surface area contributed by atoms with Gasteiger partial charge in [0.05, 0.1) is 0 Å². The van der Waals surface area contributed by atoms with Crippen LogP contribution < -0.4 is 5.43 Å². The lowest BCUT2D eigenvalue weighted by atomic mass is 10.0. The van der Waals surface area contributed by atoms with Crippen molar-refractivity contribution in [2.45, 2.75) is 19.8 Å². The number of ketones is 1. The molecule has 0 fully saturated rings. The molecule has 3 heteroatoms. The molecule has 0 aromatic heterocycles. The van der Waals surface area contributed by atoms with Crippen LogP contribution in [-0.4, -0.2) is 5.78 Å². The van der Waals surface area contributed by atoms with E-state index in [1.54, 1.807) is 6.07 Å². The molecule has 0 saturated carbocycles. The van der Waals surface area contributed by atoms with Crippen LogP contribution in [0.4, 0.5) is 0 Å². The fourth-order valence-corrected chi connectivity index (χ4v) is 2.25. The van der Waals surface area contributed by atoms with Crippen molar-refractivity contribution in [2.75, 3.05) is 0 Å². The lowest BCUT2D eigenvalue weighted by Gasteiger charge is -2.02. The third kappa shape index (κ3) is 1.87. The topological polar surface area (TPSA) is 34.1 Å². The first-order valence-electron chi connectivity index (χ1n) is 5.10. The number of halogens is 1. The Morgan fingerprint density at radius 1 is 1.06 bits per heavy atom. The van der Waals surface area contributed by atoms with E-state index < -0.39 is 0 Å². The van der Waals surface area contributed by atoms with E-state index in [-0.39, 0.29) is 17.1 Å². The summed E-state index contributed by atoms with van der Waals surface area (Å²) in [4.78, 5) is 23.2. The number of hydrogen-bond acceptors (Lipinski definition) is 2. The van der Waals surface area contributed by atoms with Crippen LogP contribution in [0.25, 0.3) is 4.48 Å². The molecule has 2 rings (SSSR count). The van der Waals surface area contributed by atoms with Crippen LogP contribution >= 0.6 is 15.9 Å². The zero-order chi connectivity index (χ0) is 11.9. The number of rotatable bonds is 1. The summed E-state index contributed by atoms with van der Waals surface area (Å²) in [5, 5.41) is 0. The molecule has 16 heavy (non-hydrogen) atoms. The highest BCUT2D eigenvalue weighted by Crippen LogP contribution is 2.31. The van der Waals surface area contributed by atoms with E-state index in [1.165, 1.54) is 12.1 Å². The van der Waals surface area contributed by atoms with Gasteiger partial charge in [-0.1, -0.05) is 29.8 Å². The van der Waals surface area contributed by atoms with Gasteiger partial charge < -0.3 is 0 Å². The van der Waals surface area contributed by atoms with E-state index in [2.05, 4.69) is 15.9 Å². The Bertz CT molecular complexity index is 556. The lowest BCUT2D eigenvalue weighted by molar-refractivity contribution is 0.105. The van der Waals surface area contributed by atoms with Gasteiger partial charge in [-0.15, -0.1) is 0 Å². The number of allylic oxidation sites excluding steroid dienone is 1. The fraction of sp³-hybridized carbons (Fsp3) is 0.231. The minimum Gasteiger partial charge on any atom is -0.290 e. The van der Waals surface area contributed by atoms with Gasteiger partial charge in [0.2, 0.25) is 0 Å². The molecule has 0 N–H and O–H groups in total. The smallest absolute Gasteiger partial charge is 0.187 e. The fourth-order valence-electron chi connectivity index (χ4n) is 1.72. The van der Waals surface area contributed by atoms with Crippen molar-refractivity contribution in [3.63, 3.8) is 0 Å². The maximum absolute atomic E-state index is 11.6. The van der Waals surface area contributed by atoms with Gasteiger partial charge in [0.1, 0.15) is 0 Å². The zero-order valence-corrected chi connectivity index (χ0v) is 10.7. The van der Waals surface area contributed by atoms with E-state index in [0.29, 0.717) is 5.56 Å². The van der Waals surface area contributed by atoms with Gasteiger partial charge in [0, 0.05) is 21.7 Å². The van der Waals surface area contributed by atoms with Crippen molar-refractivity contribution in [1.82, 2.24) is 0 Å². The molecule has 1 aliphatic rings. The van der Waals surface area contributed by atoms with E-state index in [0.717, 1.165) is 15.6 Å². The quantitative estimate of drug-likeness (QED) is 0.791. The molecule has 0 radical (unpaired) electrons. The summed E-state index contributed by atoms with van der Waals surface area (Å²) in [5.74, 6) is 0.157. The van der Waals surface area contributed by atoms with Crippen molar-refractivity contribution in [2.24, 2.45) is 0 Å². The monoisotopic (exact) mass is 278 g/mol. The third-order valence-corrected chi connectivity index (χ3v) is 3.30. The molecule has 0 aliphatic heterocycles. The molecule has 0 saturated heterocycles. The van der Waals surface area contributed by atoms with E-state index in [9.17, 15) is 9.59 Å². The first-order chi connectivity index (χ1) is 7.49. The SMILES string of the molecule is CC(C)c1cc2c(cc(=O)c1)C(=O)C=C2Br. The Morgan fingerprint density at radius 2 is 1.75 bits per heavy atom. The van der Waals surface area contributed by atoms with E-state index in [4.69, 9.17) is 0 Å². The number of carbonyl (C=O) groups excluding carboxylic acids is 1. The highest BCUT2D eigenvalue weighted by molar-refractivity contribution is 9.15. The normalized spacial score (nSPS) is 14.0. The van der Waals surface area contributed by atoms with Crippen LogP contribution in [0.5, 0.6) is 0 Å². The maximum Gasteiger partial charge on any atom is 0.187 e. The first-order valence-corrected chi connectivity index (χ1v) is 5.89. The maximum atomic E-state index is 11.6. The summed E-state index contributed by atoms with van der Waals surface area (Å²) < 4.78 is 0.755. The molecule has 0 amide bonds. The second-order valence-corrected chi connectivity index (χ2v) is 5.03. The van der Waals surface area contributed by atoms with Gasteiger partial charge in [-0.3, -0.25) is 9.59 Å². The minimum atomic E-state index is -0.117. The summed E-state index contributed by atoms with van der Waals surface area (Å²) in [6, 6.07) is 4.91. The average molecular weight is 279 g/mol. The standard InChI is InChI=1S/C13H11BrO2/c1-7(2)8-3-9(15)5-11-10(4-8)12(14)6-13(11)16/h3-7H,1-2H3. The Balaban J connectivity index is 2.78. The molecule has 0 atom stereocenters. The molecule has 1 aromatic rings. The minimum absolute atomic E-state index is 0.107. The van der Waals surface area contributed by atoms with Crippen molar-refractivity contribution >= 4 is 26.2 Å². The molecular weight excluding hydrogens is 268 g/mol. The molecule has 0 heterocycles. The predicted molar refractivity (Wildman–Crippen MR) is 68.0 cm³/mol. The Kier molecular flexibility index (Phi) is 2.80. The average Bonchev–Trinajstić information content (AvgIpc) is 2.38. The molecule has 2 nitrogen and oxygen atoms in total. The summed E-state index contributed by atoms with van der Waals surface area (Å²) in [7, 11) is 0. The van der Waals surface area contributed by atoms with Gasteiger partial charge in [0.15, 0.2) is 11.2 Å². The molecule has 1 aromatic carbocycles. The Hall–Kier alpha value is -1.22. The molecular formula is C13H11BrO2. The lowest BCUT2D eigenvalue weighted by Crippen LogP contribution is -1.98. The highest BCUT2D eigenvalue weighted by atomic mass is 79.9. The van der Waals surface area contributed by atoms with Gasteiger partial charge >= 0.3 is 0 Å². The van der Waals surface area contributed by atoms with Gasteiger partial charge in [0.25, 0.3) is 0 Å². The van der Waals surface area contributed by atoms with Gasteiger partial charge in [-0.05, 0) is 29.7 Å². The van der Waals surface area contributed by atoms with Crippen LogP contribution in [0.3, 0.4) is 0 Å². The summed E-state index contributed by atoms with van der Waals surface area (Å²) in [6.45, 7) is 4.05. The van der Waals surface area contributed by atoms with Crippen molar-refractivity contribution in [3.8, 4) is 0 Å². The predicted octanol–water partition coefficient (Wildman–Crippen LogP) is 3.10. The van der Waals surface area contributed by atoms with E-state index >= 15 is 0 Å². The second-order valence-electron chi connectivity index (χ2n) is 4.17. The van der Waals surface area contributed by atoms with Crippen LogP contribution in [0, 0.1) is 0 Å². The van der Waals surface area contributed by atoms with Crippen molar-refractivity contribution in [3.05, 3.63) is 51.2 Å². The van der Waals surface area contributed by atoms with E-state index in [1.807, 2.05) is 19.9 Å². The summed E-state index contributed by atoms with van der Waals surface area (Å²) in [5.41, 5.74) is 2.14. The van der Waals surface area contributed by atoms with Crippen LogP contribution in [-0.2, 0) is 0 Å². The van der Waals surface area contributed by atoms with Crippen LogP contribution in [0.1, 0.15) is 41.3 Å². The Morgan fingerprint density at radius 3 is 2.38 bits per heavy atom. The summed E-state index contributed by atoms with van der Waals surface area (Å²) in [6.07, 6.45) is 1.51. The first kappa shape index (κ1) is 11.3. The number of fused-ring (bicyclic) bond motifs is 1. The largest absolute Gasteiger partial charge is 0.290 e. The summed E-state index contributed by atoms with van der Waals surface area (Å²) >= 11 is 3.34. The molecule has 82 valence electrons. The third-order valence-electron chi connectivity index (χ3n) is 2.64.